The average molecular weight is 348 g/mol. The molecule has 0 unspecified atom stereocenters. The van der Waals surface area contributed by atoms with Crippen molar-refractivity contribution in [1.82, 2.24) is 14.8 Å². The van der Waals surface area contributed by atoms with Crippen molar-refractivity contribution in [2.75, 3.05) is 11.8 Å². The summed E-state index contributed by atoms with van der Waals surface area (Å²) in [5, 5.41) is 7.02. The molecule has 0 saturated heterocycles. The first-order valence-corrected chi connectivity index (χ1v) is 8.16. The summed E-state index contributed by atoms with van der Waals surface area (Å²) in [4.78, 5) is 11.4. The number of rotatable bonds is 5. The maximum Gasteiger partial charge on any atom is 0.374 e. The van der Waals surface area contributed by atoms with Crippen LogP contribution in [0.5, 0.6) is 0 Å². The predicted octanol–water partition coefficient (Wildman–Crippen LogP) is 1.45. The van der Waals surface area contributed by atoms with Crippen LogP contribution in [0.3, 0.4) is 0 Å². The number of anilines is 1. The van der Waals surface area contributed by atoms with Gasteiger partial charge in [0.15, 0.2) is 0 Å². The zero-order valence-corrected chi connectivity index (χ0v) is 13.2. The Morgan fingerprint density at radius 1 is 1.21 bits per heavy atom. The molecule has 3 rings (SSSR count). The molecule has 1 aromatic carbocycles. The maximum atomic E-state index is 12.4. The quantitative estimate of drug-likeness (QED) is 0.694. The first-order chi connectivity index (χ1) is 11.5. The Balaban J connectivity index is 1.90. The first kappa shape index (κ1) is 15.7. The van der Waals surface area contributed by atoms with Crippen molar-refractivity contribution in [1.29, 1.82) is 0 Å². The SMILES string of the molecule is COC(=O)c1ccc(S(=O)(=O)Nc2nncn2-c2ccccc2)o1. The summed E-state index contributed by atoms with van der Waals surface area (Å²) in [5.74, 6) is -1.01. The number of ether oxygens (including phenoxy) is 1. The monoisotopic (exact) mass is 348 g/mol. The van der Waals surface area contributed by atoms with Gasteiger partial charge < -0.3 is 9.15 Å². The fourth-order valence-electron chi connectivity index (χ4n) is 1.93. The Morgan fingerprint density at radius 3 is 2.67 bits per heavy atom. The second kappa shape index (κ2) is 6.16. The van der Waals surface area contributed by atoms with Crippen LogP contribution in [-0.2, 0) is 14.8 Å². The van der Waals surface area contributed by atoms with Crippen LogP contribution in [-0.4, -0.2) is 36.3 Å². The van der Waals surface area contributed by atoms with Gasteiger partial charge in [-0.2, -0.15) is 8.42 Å². The summed E-state index contributed by atoms with van der Waals surface area (Å²) >= 11 is 0. The van der Waals surface area contributed by atoms with E-state index in [-0.39, 0.29) is 11.7 Å². The highest BCUT2D eigenvalue weighted by Gasteiger charge is 2.23. The molecule has 0 atom stereocenters. The van der Waals surface area contributed by atoms with Crippen molar-refractivity contribution in [2.45, 2.75) is 5.09 Å². The number of hydrogen-bond acceptors (Lipinski definition) is 7. The van der Waals surface area contributed by atoms with Crippen LogP contribution < -0.4 is 4.72 Å². The number of carbonyl (C=O) groups is 1. The highest BCUT2D eigenvalue weighted by molar-refractivity contribution is 7.92. The topological polar surface area (TPSA) is 116 Å². The van der Waals surface area contributed by atoms with E-state index in [1.165, 1.54) is 24.1 Å². The van der Waals surface area contributed by atoms with Crippen LogP contribution in [0.4, 0.5) is 5.95 Å². The molecule has 9 nitrogen and oxygen atoms in total. The second-order valence-electron chi connectivity index (χ2n) is 4.58. The summed E-state index contributed by atoms with van der Waals surface area (Å²) in [6.45, 7) is 0. The van der Waals surface area contributed by atoms with Crippen LogP contribution in [0, 0.1) is 0 Å². The number of aromatic nitrogens is 3. The largest absolute Gasteiger partial charge is 0.463 e. The fourth-order valence-corrected chi connectivity index (χ4v) is 2.85. The van der Waals surface area contributed by atoms with E-state index in [0.29, 0.717) is 5.69 Å². The van der Waals surface area contributed by atoms with Crippen molar-refractivity contribution < 1.29 is 22.4 Å². The molecule has 0 radical (unpaired) electrons. The van der Waals surface area contributed by atoms with E-state index >= 15 is 0 Å². The molecule has 10 heteroatoms. The number of nitrogens with zero attached hydrogens (tertiary/aromatic N) is 3. The predicted molar refractivity (Wildman–Crippen MR) is 82.2 cm³/mol. The molecule has 1 N–H and O–H groups in total. The van der Waals surface area contributed by atoms with Crippen molar-refractivity contribution in [3.8, 4) is 5.69 Å². The number of esters is 1. The Morgan fingerprint density at radius 2 is 1.96 bits per heavy atom. The van der Waals surface area contributed by atoms with Gasteiger partial charge in [0.2, 0.25) is 16.8 Å². The van der Waals surface area contributed by atoms with Crippen molar-refractivity contribution >= 4 is 21.9 Å². The lowest BCUT2D eigenvalue weighted by molar-refractivity contribution is 0.0559. The number of sulfonamides is 1. The van der Waals surface area contributed by atoms with Crippen LogP contribution in [0.25, 0.3) is 5.69 Å². The third kappa shape index (κ3) is 2.99. The van der Waals surface area contributed by atoms with Gasteiger partial charge in [0.25, 0.3) is 10.0 Å². The summed E-state index contributed by atoms with van der Waals surface area (Å²) in [6, 6.07) is 11.3. The van der Waals surface area contributed by atoms with Crippen molar-refractivity contribution in [3.63, 3.8) is 0 Å². The lowest BCUT2D eigenvalue weighted by Gasteiger charge is -2.07. The molecule has 0 aliphatic heterocycles. The molecule has 0 aliphatic carbocycles. The van der Waals surface area contributed by atoms with Crippen LogP contribution in [0.1, 0.15) is 10.6 Å². The highest BCUT2D eigenvalue weighted by atomic mass is 32.2. The molecule has 0 spiro atoms. The molecule has 3 aromatic rings. The normalized spacial score (nSPS) is 11.2. The zero-order chi connectivity index (χ0) is 17.2. The van der Waals surface area contributed by atoms with Crippen molar-refractivity contribution in [2.24, 2.45) is 0 Å². The van der Waals surface area contributed by atoms with Crippen LogP contribution >= 0.6 is 0 Å². The molecular weight excluding hydrogens is 336 g/mol. The first-order valence-electron chi connectivity index (χ1n) is 6.67. The lowest BCUT2D eigenvalue weighted by Crippen LogP contribution is -2.15. The third-order valence-corrected chi connectivity index (χ3v) is 4.24. The zero-order valence-electron chi connectivity index (χ0n) is 12.4. The Hall–Kier alpha value is -3.14. The van der Waals surface area contributed by atoms with Gasteiger partial charge in [0.05, 0.1) is 12.8 Å². The standard InChI is InChI=1S/C14H12N4O5S/c1-22-13(19)11-7-8-12(23-11)24(20,21)17-14-16-15-9-18(14)10-5-3-2-4-6-10/h2-9H,1H3,(H,16,17). The lowest BCUT2D eigenvalue weighted by atomic mass is 10.3. The van der Waals surface area contributed by atoms with Gasteiger partial charge in [0.1, 0.15) is 6.33 Å². The third-order valence-electron chi connectivity index (χ3n) is 3.04. The number of hydrogen-bond donors (Lipinski definition) is 1. The van der Waals surface area contributed by atoms with E-state index in [1.54, 1.807) is 24.3 Å². The molecule has 0 fully saturated rings. The van der Waals surface area contributed by atoms with E-state index in [9.17, 15) is 13.2 Å². The molecule has 0 bridgehead atoms. The van der Waals surface area contributed by atoms with E-state index in [2.05, 4.69) is 19.7 Å². The molecule has 0 amide bonds. The summed E-state index contributed by atoms with van der Waals surface area (Å²) in [6.07, 6.45) is 1.37. The van der Waals surface area contributed by atoms with E-state index in [4.69, 9.17) is 4.42 Å². The number of carbonyl (C=O) groups excluding carboxylic acids is 1. The number of furan rings is 1. The Bertz CT molecular complexity index is 962. The van der Waals surface area contributed by atoms with E-state index in [1.807, 2.05) is 6.07 Å². The smallest absolute Gasteiger partial charge is 0.374 e. The molecule has 0 saturated carbocycles. The Labute approximate surface area is 136 Å². The minimum Gasteiger partial charge on any atom is -0.463 e. The summed E-state index contributed by atoms with van der Waals surface area (Å²) in [7, 11) is -2.92. The average Bonchev–Trinajstić information content (AvgIpc) is 3.24. The van der Waals surface area contributed by atoms with Gasteiger partial charge >= 0.3 is 5.97 Å². The molecule has 124 valence electrons. The molecule has 0 aliphatic rings. The fraction of sp³-hybridized carbons (Fsp3) is 0.0714. The molecule has 24 heavy (non-hydrogen) atoms. The van der Waals surface area contributed by atoms with Gasteiger partial charge in [-0.1, -0.05) is 18.2 Å². The number of methoxy groups -OCH3 is 1. The minimum atomic E-state index is -4.08. The van der Waals surface area contributed by atoms with Crippen LogP contribution in [0.15, 0.2) is 58.3 Å². The molecule has 2 aromatic heterocycles. The highest BCUT2D eigenvalue weighted by Crippen LogP contribution is 2.19. The second-order valence-corrected chi connectivity index (χ2v) is 6.19. The van der Waals surface area contributed by atoms with Gasteiger partial charge in [0, 0.05) is 0 Å². The minimum absolute atomic E-state index is 0.0165. The van der Waals surface area contributed by atoms with Gasteiger partial charge in [-0.3, -0.25) is 4.57 Å². The van der Waals surface area contributed by atoms with Gasteiger partial charge in [-0.05, 0) is 24.3 Å². The molecular formula is C14H12N4O5S. The van der Waals surface area contributed by atoms with Crippen molar-refractivity contribution in [3.05, 3.63) is 54.6 Å². The molecule has 2 heterocycles. The summed E-state index contributed by atoms with van der Waals surface area (Å²) < 4.78 is 37.9. The van der Waals surface area contributed by atoms with Gasteiger partial charge in [-0.25, -0.2) is 9.52 Å². The summed E-state index contributed by atoms with van der Waals surface area (Å²) in [5.41, 5.74) is 0.676. The number of benzene rings is 1. The maximum absolute atomic E-state index is 12.4. The number of nitrogens with one attached hydrogen (secondary N) is 1. The number of para-hydroxylation sites is 1. The van der Waals surface area contributed by atoms with Gasteiger partial charge in [-0.15, -0.1) is 10.2 Å². The van der Waals surface area contributed by atoms with E-state index in [0.717, 1.165) is 6.07 Å². The Kier molecular flexibility index (Phi) is 4.04. The van der Waals surface area contributed by atoms with E-state index < -0.39 is 21.1 Å². The van der Waals surface area contributed by atoms with Crippen LogP contribution in [0.2, 0.25) is 0 Å².